The molecule has 2 aromatic heterocycles. The summed E-state index contributed by atoms with van der Waals surface area (Å²) in [5.41, 5.74) is 3.89. The van der Waals surface area contributed by atoms with Gasteiger partial charge in [0.1, 0.15) is 10.4 Å². The maximum absolute atomic E-state index is 13.4. The Morgan fingerprint density at radius 2 is 1.79 bits per heavy atom. The minimum atomic E-state index is -1.45. The molecule has 0 radical (unpaired) electrons. The zero-order chi connectivity index (χ0) is 29.7. The number of benzene rings is 2. The third kappa shape index (κ3) is 4.98. The van der Waals surface area contributed by atoms with Crippen molar-refractivity contribution >= 4 is 68.4 Å². The Hall–Kier alpha value is -3.70. The predicted molar refractivity (Wildman–Crippen MR) is 160 cm³/mol. The number of imide groups is 1. The van der Waals surface area contributed by atoms with Crippen molar-refractivity contribution in [3.8, 4) is 0 Å². The van der Waals surface area contributed by atoms with Crippen molar-refractivity contribution in [2.24, 2.45) is 0 Å². The number of hydrogen-bond donors (Lipinski definition) is 3. The van der Waals surface area contributed by atoms with Gasteiger partial charge in [-0.1, -0.05) is 59.6 Å². The average molecular weight is 626 g/mol. The molecule has 3 atom stereocenters. The maximum atomic E-state index is 13.4. The van der Waals surface area contributed by atoms with E-state index in [9.17, 15) is 24.3 Å². The third-order valence-corrected chi connectivity index (χ3v) is 9.81. The molecule has 0 bridgehead atoms. The highest BCUT2D eigenvalue weighted by Gasteiger charge is 2.40. The lowest BCUT2D eigenvalue weighted by Gasteiger charge is -2.32. The zero-order valence-electron chi connectivity index (χ0n) is 22.4. The van der Waals surface area contributed by atoms with E-state index >= 15 is 0 Å². The molecule has 2 aromatic carbocycles. The number of carbonyl (C=O) groups excluding carboxylic acids is 4. The van der Waals surface area contributed by atoms with E-state index in [1.807, 2.05) is 30.3 Å². The summed E-state index contributed by atoms with van der Waals surface area (Å²) in [7, 11) is 1.59. The highest BCUT2D eigenvalue weighted by molar-refractivity contribution is 7.23. The van der Waals surface area contributed by atoms with E-state index in [2.05, 4.69) is 10.3 Å². The molecule has 1 aliphatic heterocycles. The topological polar surface area (TPSA) is 123 Å². The van der Waals surface area contributed by atoms with E-state index < -0.39 is 35.9 Å². The van der Waals surface area contributed by atoms with Crippen LogP contribution in [0, 0.1) is 0 Å². The van der Waals surface area contributed by atoms with Gasteiger partial charge in [-0.2, -0.15) is 0 Å². The molecule has 3 N–H and O–H groups in total. The van der Waals surface area contributed by atoms with Crippen LogP contribution in [-0.2, 0) is 22.4 Å². The Bertz CT molecular complexity index is 1720. The van der Waals surface area contributed by atoms with Crippen LogP contribution < -0.4 is 5.32 Å². The van der Waals surface area contributed by atoms with Gasteiger partial charge in [-0.25, -0.2) is 0 Å². The van der Waals surface area contributed by atoms with Crippen LogP contribution in [0.2, 0.25) is 9.36 Å². The molecule has 42 heavy (non-hydrogen) atoms. The van der Waals surface area contributed by atoms with Gasteiger partial charge in [0.05, 0.1) is 44.9 Å². The van der Waals surface area contributed by atoms with Crippen molar-refractivity contribution in [3.05, 3.63) is 91.9 Å². The average Bonchev–Trinajstić information content (AvgIpc) is 3.68. The van der Waals surface area contributed by atoms with Gasteiger partial charge in [0.2, 0.25) is 5.91 Å². The molecule has 0 unspecified atom stereocenters. The molecule has 3 heterocycles. The molecule has 1 aliphatic carbocycles. The lowest BCUT2D eigenvalue weighted by Crippen LogP contribution is -2.48. The monoisotopic (exact) mass is 624 g/mol. The minimum Gasteiger partial charge on any atom is -0.383 e. The van der Waals surface area contributed by atoms with Crippen LogP contribution in [0.25, 0.3) is 10.2 Å². The number of aromatic amines is 1. The SMILES string of the molecule is CN(C(=O)[C@@H](O)CCN1C(=O)c2ccccc2C1=O)[C@@H]1c2ccccc2C[C@H]1NC(=O)Cc1cc2sc(Cl)c(Cl)c2[nH]1. The number of nitrogens with zero attached hydrogens (tertiary/aromatic N) is 2. The normalized spacial score (nSPS) is 18.3. The minimum absolute atomic E-state index is 0.0788. The summed E-state index contributed by atoms with van der Waals surface area (Å²) in [5, 5.41) is 14.3. The second kappa shape index (κ2) is 11.2. The van der Waals surface area contributed by atoms with Crippen LogP contribution in [0.15, 0.2) is 54.6 Å². The Balaban J connectivity index is 1.13. The Morgan fingerprint density at radius 1 is 1.12 bits per heavy atom. The molecule has 9 nitrogen and oxygen atoms in total. The number of thiophene rings is 1. The van der Waals surface area contributed by atoms with Crippen molar-refractivity contribution < 1.29 is 24.3 Å². The number of aliphatic hydroxyl groups is 1. The lowest BCUT2D eigenvalue weighted by molar-refractivity contribution is -0.142. The number of H-pyrrole nitrogens is 1. The molecular weight excluding hydrogens is 599 g/mol. The Labute approximate surface area is 255 Å². The number of halogens is 2. The molecule has 0 saturated carbocycles. The van der Waals surface area contributed by atoms with Gasteiger partial charge in [-0.05, 0) is 35.7 Å². The van der Waals surface area contributed by atoms with Crippen LogP contribution in [0.1, 0.15) is 50.0 Å². The van der Waals surface area contributed by atoms with E-state index in [0.29, 0.717) is 38.1 Å². The van der Waals surface area contributed by atoms with Gasteiger partial charge >= 0.3 is 0 Å². The number of rotatable bonds is 8. The van der Waals surface area contributed by atoms with Gasteiger partial charge in [0, 0.05) is 25.7 Å². The quantitative estimate of drug-likeness (QED) is 0.251. The molecule has 2 aliphatic rings. The van der Waals surface area contributed by atoms with Crippen molar-refractivity contribution in [3.63, 3.8) is 0 Å². The molecule has 6 rings (SSSR count). The standard InChI is InChI=1S/C30H26Cl2N4O5S/c1-35(30(41)21(37)10-11-36-28(39)18-8-4-5-9-19(18)29(36)40)26-17-7-3-2-6-15(17)12-20(26)34-23(38)14-16-13-22-25(33-16)24(31)27(32)42-22/h2-9,13,20-21,26,33,37H,10-12,14H2,1H3,(H,34,38)/t20-,21+,26-/m1/s1. The van der Waals surface area contributed by atoms with Crippen LogP contribution in [0.4, 0.5) is 0 Å². The number of nitrogens with one attached hydrogen (secondary N) is 2. The number of carbonyl (C=O) groups is 4. The fraction of sp³-hybridized carbons (Fsp3) is 0.267. The first-order valence-electron chi connectivity index (χ1n) is 13.4. The number of amides is 4. The highest BCUT2D eigenvalue weighted by Crippen LogP contribution is 2.39. The van der Waals surface area contributed by atoms with Gasteiger partial charge < -0.3 is 20.3 Å². The molecule has 0 saturated heterocycles. The summed E-state index contributed by atoms with van der Waals surface area (Å²) in [6, 6.07) is 15.1. The van der Waals surface area contributed by atoms with Crippen LogP contribution in [0.3, 0.4) is 0 Å². The van der Waals surface area contributed by atoms with Gasteiger partial charge in [-0.15, -0.1) is 11.3 Å². The summed E-state index contributed by atoms with van der Waals surface area (Å²) in [5.74, 6) is -1.68. The summed E-state index contributed by atoms with van der Waals surface area (Å²) < 4.78 is 1.35. The molecule has 216 valence electrons. The van der Waals surface area contributed by atoms with E-state index in [0.717, 1.165) is 20.7 Å². The van der Waals surface area contributed by atoms with Gasteiger partial charge in [0.25, 0.3) is 17.7 Å². The van der Waals surface area contributed by atoms with Crippen molar-refractivity contribution in [2.75, 3.05) is 13.6 Å². The third-order valence-electron chi connectivity index (χ3n) is 7.88. The maximum Gasteiger partial charge on any atom is 0.261 e. The molecule has 4 amide bonds. The first-order chi connectivity index (χ1) is 20.1. The van der Waals surface area contributed by atoms with E-state index in [1.54, 1.807) is 31.3 Å². The number of hydrogen-bond acceptors (Lipinski definition) is 6. The molecule has 4 aromatic rings. The molecule has 0 spiro atoms. The first-order valence-corrected chi connectivity index (χ1v) is 14.9. The smallest absolute Gasteiger partial charge is 0.261 e. The number of aliphatic hydroxyl groups excluding tert-OH is 1. The fourth-order valence-corrected chi connectivity index (χ4v) is 7.38. The number of fused-ring (bicyclic) bond motifs is 3. The summed E-state index contributed by atoms with van der Waals surface area (Å²) >= 11 is 13.7. The van der Waals surface area contributed by atoms with E-state index in [1.165, 1.54) is 16.2 Å². The van der Waals surface area contributed by atoms with Crippen molar-refractivity contribution in [1.29, 1.82) is 0 Å². The molecule has 12 heteroatoms. The summed E-state index contributed by atoms with van der Waals surface area (Å²) in [6.45, 7) is -0.0999. The predicted octanol–water partition coefficient (Wildman–Crippen LogP) is 4.37. The number of likely N-dealkylation sites (N-methyl/N-ethyl adjacent to an activating group) is 1. The highest BCUT2D eigenvalue weighted by atomic mass is 35.5. The van der Waals surface area contributed by atoms with Crippen LogP contribution >= 0.6 is 34.5 Å². The van der Waals surface area contributed by atoms with Crippen LogP contribution in [-0.4, -0.2) is 69.3 Å². The second-order valence-corrected chi connectivity index (χ2v) is 12.5. The first kappa shape index (κ1) is 28.4. The zero-order valence-corrected chi connectivity index (χ0v) is 24.7. The molecule has 0 fully saturated rings. The second-order valence-electron chi connectivity index (χ2n) is 10.5. The van der Waals surface area contributed by atoms with Crippen molar-refractivity contribution in [2.45, 2.75) is 37.5 Å². The molecular formula is C30H26Cl2N4O5S. The van der Waals surface area contributed by atoms with E-state index in [4.69, 9.17) is 23.2 Å². The Kier molecular flexibility index (Phi) is 7.57. The summed E-state index contributed by atoms with van der Waals surface area (Å²) in [4.78, 5) is 57.6. The fourth-order valence-electron chi connectivity index (χ4n) is 5.87. The largest absolute Gasteiger partial charge is 0.383 e. The van der Waals surface area contributed by atoms with Gasteiger partial charge in [0.15, 0.2) is 0 Å². The van der Waals surface area contributed by atoms with Crippen molar-refractivity contribution in [1.82, 2.24) is 20.1 Å². The Morgan fingerprint density at radius 3 is 2.48 bits per heavy atom. The van der Waals surface area contributed by atoms with Gasteiger partial charge in [-0.3, -0.25) is 24.1 Å². The number of aromatic nitrogens is 1. The lowest BCUT2D eigenvalue weighted by atomic mass is 10.0. The summed E-state index contributed by atoms with van der Waals surface area (Å²) in [6.07, 6.45) is -0.977. The van der Waals surface area contributed by atoms with E-state index in [-0.39, 0.29) is 25.3 Å². The van der Waals surface area contributed by atoms with Crippen LogP contribution in [0.5, 0.6) is 0 Å².